The summed E-state index contributed by atoms with van der Waals surface area (Å²) in [5.41, 5.74) is -1.55. The van der Waals surface area contributed by atoms with Crippen molar-refractivity contribution >= 4 is 9.84 Å². The lowest BCUT2D eigenvalue weighted by Crippen LogP contribution is -2.43. The third-order valence-corrected chi connectivity index (χ3v) is 6.28. The monoisotopic (exact) mass is 386 g/mol. The van der Waals surface area contributed by atoms with E-state index in [9.17, 15) is 35.5 Å². The number of ether oxygens (including phenoxy) is 1. The summed E-state index contributed by atoms with van der Waals surface area (Å²) >= 11 is 0. The van der Waals surface area contributed by atoms with Gasteiger partial charge in [0.15, 0.2) is 16.0 Å². The zero-order valence-corrected chi connectivity index (χ0v) is 13.8. The molecule has 1 fully saturated rings. The largest absolute Gasteiger partial charge is 0.490 e. The molecule has 1 N–H and O–H groups in total. The van der Waals surface area contributed by atoms with Gasteiger partial charge in [-0.05, 0) is 12.1 Å². The Bertz CT molecular complexity index is 800. The lowest BCUT2D eigenvalue weighted by Gasteiger charge is -2.35. The topological polar surface area (TPSA) is 63.6 Å². The number of aliphatic hydroxyl groups is 1. The highest BCUT2D eigenvalue weighted by Crippen LogP contribution is 2.57. The Morgan fingerprint density at radius 3 is 2.32 bits per heavy atom. The number of fused-ring (bicyclic) bond motifs is 1. The number of benzene rings is 1. The van der Waals surface area contributed by atoms with Crippen molar-refractivity contribution < 1.29 is 40.2 Å². The van der Waals surface area contributed by atoms with E-state index in [4.69, 9.17) is 4.74 Å². The van der Waals surface area contributed by atoms with Crippen molar-refractivity contribution in [2.24, 2.45) is 0 Å². The lowest BCUT2D eigenvalue weighted by molar-refractivity contribution is -0.145. The molecule has 2 aliphatic rings. The van der Waals surface area contributed by atoms with Gasteiger partial charge in [0.05, 0.1) is 10.6 Å². The summed E-state index contributed by atoms with van der Waals surface area (Å²) in [5.74, 6) is -8.07. The van der Waals surface area contributed by atoms with E-state index >= 15 is 0 Å². The van der Waals surface area contributed by atoms with Gasteiger partial charge in [-0.15, -0.1) is 0 Å². The average Bonchev–Trinajstić information content (AvgIpc) is 2.67. The SMILES string of the molecule is CCS(=O)(=O)c1ccc(OC2CC(F)(F)C2)c2c1[C@H](O)C(F)(F)[C@@H]2F. The van der Waals surface area contributed by atoms with Crippen molar-refractivity contribution in [3.05, 3.63) is 23.3 Å². The fourth-order valence-corrected chi connectivity index (χ4v) is 4.21. The highest BCUT2D eigenvalue weighted by atomic mass is 32.2. The van der Waals surface area contributed by atoms with Crippen LogP contribution >= 0.6 is 0 Å². The first-order chi connectivity index (χ1) is 11.4. The zero-order chi connectivity index (χ0) is 18.8. The third kappa shape index (κ3) is 2.79. The van der Waals surface area contributed by atoms with Crippen molar-refractivity contribution in [3.8, 4) is 5.75 Å². The number of halogens is 5. The van der Waals surface area contributed by atoms with E-state index in [1.807, 2.05) is 0 Å². The molecule has 0 radical (unpaired) electrons. The third-order valence-electron chi connectivity index (χ3n) is 4.50. The van der Waals surface area contributed by atoms with Crippen molar-refractivity contribution in [1.29, 1.82) is 0 Å². The minimum Gasteiger partial charge on any atom is -0.490 e. The molecule has 1 aromatic carbocycles. The highest BCUT2D eigenvalue weighted by Gasteiger charge is 2.59. The lowest BCUT2D eigenvalue weighted by atomic mass is 9.91. The van der Waals surface area contributed by atoms with E-state index < -0.39 is 80.4 Å². The average molecular weight is 386 g/mol. The van der Waals surface area contributed by atoms with Gasteiger partial charge in [0.1, 0.15) is 18.0 Å². The van der Waals surface area contributed by atoms with Crippen molar-refractivity contribution in [2.45, 2.75) is 54.9 Å². The number of hydrogen-bond acceptors (Lipinski definition) is 4. The molecule has 0 unspecified atom stereocenters. The summed E-state index contributed by atoms with van der Waals surface area (Å²) in [7, 11) is -4.02. The summed E-state index contributed by atoms with van der Waals surface area (Å²) < 4.78 is 97.3. The first kappa shape index (κ1) is 18.4. The first-order valence-corrected chi connectivity index (χ1v) is 9.20. The quantitative estimate of drug-likeness (QED) is 0.807. The molecule has 10 heteroatoms. The normalized spacial score (nSPS) is 27.6. The molecule has 1 aromatic rings. The van der Waals surface area contributed by atoms with Crippen LogP contribution in [0, 0.1) is 0 Å². The van der Waals surface area contributed by atoms with Gasteiger partial charge in [-0.2, -0.15) is 8.78 Å². The molecule has 25 heavy (non-hydrogen) atoms. The van der Waals surface area contributed by atoms with E-state index in [0.717, 1.165) is 12.1 Å². The van der Waals surface area contributed by atoms with Crippen LogP contribution in [0.15, 0.2) is 17.0 Å². The van der Waals surface area contributed by atoms with Crippen LogP contribution in [0.25, 0.3) is 0 Å². The molecule has 0 bridgehead atoms. The standard InChI is InChI=1S/C15H15F5O4S/c1-2-25(22,23)9-4-3-8(24-7-5-14(17,18)6-7)10-11(9)13(21)15(19,20)12(10)16/h3-4,7,12-13,21H,2,5-6H2,1H3/t12-,13+/m1/s1. The maximum atomic E-state index is 14.3. The Morgan fingerprint density at radius 2 is 1.80 bits per heavy atom. The van der Waals surface area contributed by atoms with Gasteiger partial charge in [0.2, 0.25) is 0 Å². The van der Waals surface area contributed by atoms with Crippen LogP contribution in [0.1, 0.15) is 43.2 Å². The molecule has 0 saturated heterocycles. The molecule has 3 rings (SSSR count). The molecule has 2 aliphatic carbocycles. The molecule has 0 amide bonds. The molecular formula is C15H15F5O4S. The Balaban J connectivity index is 2.09. The predicted octanol–water partition coefficient (Wildman–Crippen LogP) is 3.35. The Morgan fingerprint density at radius 1 is 1.20 bits per heavy atom. The highest BCUT2D eigenvalue weighted by molar-refractivity contribution is 7.91. The summed E-state index contributed by atoms with van der Waals surface area (Å²) in [6.07, 6.45) is -7.95. The van der Waals surface area contributed by atoms with Gasteiger partial charge in [-0.25, -0.2) is 21.6 Å². The number of sulfone groups is 1. The van der Waals surface area contributed by atoms with Gasteiger partial charge in [0, 0.05) is 24.0 Å². The van der Waals surface area contributed by atoms with E-state index in [2.05, 4.69) is 0 Å². The Labute approximate surface area is 140 Å². The summed E-state index contributed by atoms with van der Waals surface area (Å²) in [6, 6.07) is 1.90. The fourth-order valence-electron chi connectivity index (χ4n) is 3.06. The molecule has 140 valence electrons. The molecule has 0 aromatic heterocycles. The smallest absolute Gasteiger partial charge is 0.312 e. The van der Waals surface area contributed by atoms with E-state index in [-0.39, 0.29) is 0 Å². The van der Waals surface area contributed by atoms with Crippen LogP contribution in [-0.2, 0) is 9.84 Å². The van der Waals surface area contributed by atoms with Crippen LogP contribution in [-0.4, -0.2) is 37.2 Å². The van der Waals surface area contributed by atoms with Crippen LogP contribution in [0.4, 0.5) is 22.0 Å². The summed E-state index contributed by atoms with van der Waals surface area (Å²) in [4.78, 5) is -0.608. The summed E-state index contributed by atoms with van der Waals surface area (Å²) in [5, 5.41) is 9.80. The van der Waals surface area contributed by atoms with Crippen LogP contribution in [0.2, 0.25) is 0 Å². The molecule has 0 heterocycles. The minimum absolute atomic E-state index is 0.441. The Kier molecular flexibility index (Phi) is 4.07. The van der Waals surface area contributed by atoms with E-state index in [0.29, 0.717) is 0 Å². The Hall–Kier alpha value is -1.42. The van der Waals surface area contributed by atoms with E-state index in [1.54, 1.807) is 0 Å². The maximum Gasteiger partial charge on any atom is 0.312 e. The van der Waals surface area contributed by atoms with Crippen LogP contribution in [0.5, 0.6) is 5.75 Å². The summed E-state index contributed by atoms with van der Waals surface area (Å²) in [6.45, 7) is 1.27. The van der Waals surface area contributed by atoms with Gasteiger partial charge in [-0.1, -0.05) is 6.92 Å². The number of alkyl halides is 5. The molecule has 2 atom stereocenters. The second kappa shape index (κ2) is 5.54. The molecule has 0 spiro atoms. The fraction of sp³-hybridized carbons (Fsp3) is 0.600. The molecule has 4 nitrogen and oxygen atoms in total. The van der Waals surface area contributed by atoms with E-state index in [1.165, 1.54) is 6.92 Å². The molecular weight excluding hydrogens is 371 g/mol. The molecule has 0 aliphatic heterocycles. The van der Waals surface area contributed by atoms with Crippen molar-refractivity contribution in [1.82, 2.24) is 0 Å². The second-order valence-corrected chi connectivity index (χ2v) is 8.48. The van der Waals surface area contributed by atoms with Crippen LogP contribution < -0.4 is 4.74 Å². The van der Waals surface area contributed by atoms with Crippen molar-refractivity contribution in [2.75, 3.05) is 5.75 Å². The zero-order valence-electron chi connectivity index (χ0n) is 13.0. The number of rotatable bonds is 4. The number of aliphatic hydroxyl groups excluding tert-OH is 1. The van der Waals surface area contributed by atoms with Crippen molar-refractivity contribution in [3.63, 3.8) is 0 Å². The van der Waals surface area contributed by atoms with Gasteiger partial charge >= 0.3 is 5.92 Å². The minimum atomic E-state index is -4.25. The van der Waals surface area contributed by atoms with Gasteiger partial charge in [-0.3, -0.25) is 0 Å². The number of hydrogen-bond donors (Lipinski definition) is 1. The second-order valence-electron chi connectivity index (χ2n) is 6.24. The van der Waals surface area contributed by atoms with Gasteiger partial charge in [0.25, 0.3) is 5.92 Å². The first-order valence-electron chi connectivity index (χ1n) is 7.54. The maximum absolute atomic E-state index is 14.3. The molecule has 1 saturated carbocycles. The van der Waals surface area contributed by atoms with Gasteiger partial charge < -0.3 is 9.84 Å². The van der Waals surface area contributed by atoms with Crippen LogP contribution in [0.3, 0.4) is 0 Å². The predicted molar refractivity (Wildman–Crippen MR) is 76.5 cm³/mol.